The zero-order valence-corrected chi connectivity index (χ0v) is 13.0. The zero-order valence-electron chi connectivity index (χ0n) is 11.4. The van der Waals surface area contributed by atoms with Gasteiger partial charge in [0.15, 0.2) is 0 Å². The van der Waals surface area contributed by atoms with Gasteiger partial charge in [0.05, 0.1) is 6.10 Å². The molecule has 1 aliphatic rings. The van der Waals surface area contributed by atoms with E-state index < -0.39 is 0 Å². The van der Waals surface area contributed by atoms with Crippen molar-refractivity contribution in [3.8, 4) is 0 Å². The van der Waals surface area contributed by atoms with Gasteiger partial charge in [-0.25, -0.2) is 0 Å². The van der Waals surface area contributed by atoms with E-state index >= 15 is 0 Å². The van der Waals surface area contributed by atoms with Crippen LogP contribution in [-0.4, -0.2) is 35.1 Å². The van der Waals surface area contributed by atoms with Gasteiger partial charge in [-0.1, -0.05) is 22.0 Å². The number of nitrogens with zero attached hydrogens (tertiary/aromatic N) is 1. The molecule has 0 spiro atoms. The summed E-state index contributed by atoms with van der Waals surface area (Å²) < 4.78 is 0.925. The molecule has 0 saturated heterocycles. The molecule has 1 amide bonds. The molecule has 104 valence electrons. The maximum absolute atomic E-state index is 12.5. The highest BCUT2D eigenvalue weighted by molar-refractivity contribution is 9.10. The number of rotatable bonds is 2. The summed E-state index contributed by atoms with van der Waals surface area (Å²) in [6, 6.07) is 6.03. The predicted molar refractivity (Wildman–Crippen MR) is 79.2 cm³/mol. The van der Waals surface area contributed by atoms with E-state index in [-0.39, 0.29) is 18.1 Å². The number of amides is 1. The van der Waals surface area contributed by atoms with Gasteiger partial charge in [-0.2, -0.15) is 0 Å². The van der Waals surface area contributed by atoms with Gasteiger partial charge < -0.3 is 10.0 Å². The Bertz CT molecular complexity index is 467. The smallest absolute Gasteiger partial charge is 0.254 e. The molecule has 1 N–H and O–H groups in total. The molecule has 1 aliphatic carbocycles. The Kier molecular flexibility index (Phi) is 4.63. The fourth-order valence-corrected chi connectivity index (χ4v) is 2.99. The highest BCUT2D eigenvalue weighted by Gasteiger charge is 2.26. The monoisotopic (exact) mass is 325 g/mol. The molecule has 0 aromatic heterocycles. The van der Waals surface area contributed by atoms with Gasteiger partial charge in [0.25, 0.3) is 5.91 Å². The number of carbonyl (C=O) groups excluding carboxylic acids is 1. The van der Waals surface area contributed by atoms with E-state index in [1.165, 1.54) is 0 Å². The molecule has 1 aromatic rings. The first-order chi connectivity index (χ1) is 8.99. The summed E-state index contributed by atoms with van der Waals surface area (Å²) in [6.07, 6.45) is 3.17. The van der Waals surface area contributed by atoms with Crippen molar-refractivity contribution in [1.29, 1.82) is 0 Å². The minimum Gasteiger partial charge on any atom is -0.393 e. The van der Waals surface area contributed by atoms with Crippen LogP contribution in [0.3, 0.4) is 0 Å². The van der Waals surface area contributed by atoms with Crippen molar-refractivity contribution in [3.05, 3.63) is 33.8 Å². The topological polar surface area (TPSA) is 40.5 Å². The van der Waals surface area contributed by atoms with Crippen LogP contribution in [0.5, 0.6) is 0 Å². The Morgan fingerprint density at radius 3 is 2.58 bits per heavy atom. The number of aliphatic hydroxyl groups is 1. The third-order valence-electron chi connectivity index (χ3n) is 3.96. The lowest BCUT2D eigenvalue weighted by atomic mass is 9.92. The van der Waals surface area contributed by atoms with Crippen molar-refractivity contribution in [1.82, 2.24) is 4.90 Å². The summed E-state index contributed by atoms with van der Waals surface area (Å²) in [5.41, 5.74) is 1.75. The minimum absolute atomic E-state index is 0.0696. The summed E-state index contributed by atoms with van der Waals surface area (Å²) in [4.78, 5) is 14.4. The Morgan fingerprint density at radius 2 is 1.95 bits per heavy atom. The molecular weight excluding hydrogens is 306 g/mol. The van der Waals surface area contributed by atoms with Crippen LogP contribution in [0.15, 0.2) is 22.7 Å². The minimum atomic E-state index is -0.188. The highest BCUT2D eigenvalue weighted by Crippen LogP contribution is 2.25. The fourth-order valence-electron chi connectivity index (χ4n) is 2.63. The maximum Gasteiger partial charge on any atom is 0.254 e. The van der Waals surface area contributed by atoms with Crippen molar-refractivity contribution in [2.75, 3.05) is 7.05 Å². The van der Waals surface area contributed by atoms with Crippen molar-refractivity contribution in [3.63, 3.8) is 0 Å². The van der Waals surface area contributed by atoms with E-state index in [1.54, 1.807) is 0 Å². The largest absolute Gasteiger partial charge is 0.393 e. The fraction of sp³-hybridized carbons (Fsp3) is 0.533. The molecule has 1 aromatic carbocycles. The standard InChI is InChI=1S/C15H20BrNO2/c1-10-3-4-11(16)9-14(10)15(19)17(2)12-5-7-13(18)8-6-12/h3-4,9,12-13,18H,5-8H2,1-2H3. The van der Waals surface area contributed by atoms with Crippen molar-refractivity contribution in [2.24, 2.45) is 0 Å². The normalized spacial score (nSPS) is 23.2. The van der Waals surface area contributed by atoms with Gasteiger partial charge in [-0.3, -0.25) is 4.79 Å². The Hall–Kier alpha value is -0.870. The highest BCUT2D eigenvalue weighted by atomic mass is 79.9. The molecule has 19 heavy (non-hydrogen) atoms. The van der Waals surface area contributed by atoms with Crippen LogP contribution in [-0.2, 0) is 0 Å². The molecule has 0 unspecified atom stereocenters. The number of halogens is 1. The van der Waals surface area contributed by atoms with E-state index in [0.717, 1.165) is 41.3 Å². The summed E-state index contributed by atoms with van der Waals surface area (Å²) in [7, 11) is 1.87. The number of hydrogen-bond donors (Lipinski definition) is 1. The lowest BCUT2D eigenvalue weighted by molar-refractivity contribution is 0.0569. The van der Waals surface area contributed by atoms with Crippen LogP contribution in [0.2, 0.25) is 0 Å². The van der Waals surface area contributed by atoms with Crippen molar-refractivity contribution >= 4 is 21.8 Å². The first-order valence-corrected chi connectivity index (χ1v) is 7.49. The molecule has 1 saturated carbocycles. The van der Waals surface area contributed by atoms with E-state index in [4.69, 9.17) is 0 Å². The van der Waals surface area contributed by atoms with Gasteiger partial charge in [0.1, 0.15) is 0 Å². The van der Waals surface area contributed by atoms with E-state index in [1.807, 2.05) is 37.1 Å². The molecule has 0 radical (unpaired) electrons. The van der Waals surface area contributed by atoms with Crippen LogP contribution in [0.25, 0.3) is 0 Å². The summed E-state index contributed by atoms with van der Waals surface area (Å²) in [5.74, 6) is 0.0696. The van der Waals surface area contributed by atoms with Gasteiger partial charge in [-0.15, -0.1) is 0 Å². The second-order valence-corrected chi connectivity index (χ2v) is 6.25. The van der Waals surface area contributed by atoms with Crippen LogP contribution in [0.1, 0.15) is 41.6 Å². The maximum atomic E-state index is 12.5. The molecule has 0 atom stereocenters. The van der Waals surface area contributed by atoms with Gasteiger partial charge >= 0.3 is 0 Å². The van der Waals surface area contributed by atoms with Crippen LogP contribution < -0.4 is 0 Å². The Morgan fingerprint density at radius 1 is 1.32 bits per heavy atom. The molecule has 3 nitrogen and oxygen atoms in total. The van der Waals surface area contributed by atoms with Crippen LogP contribution in [0.4, 0.5) is 0 Å². The predicted octanol–water partition coefficient (Wildman–Crippen LogP) is 3.13. The molecule has 4 heteroatoms. The number of aliphatic hydroxyl groups excluding tert-OH is 1. The summed E-state index contributed by atoms with van der Waals surface area (Å²) in [6.45, 7) is 1.96. The van der Waals surface area contributed by atoms with E-state index in [0.29, 0.717) is 0 Å². The second kappa shape index (κ2) is 6.06. The van der Waals surface area contributed by atoms with Gasteiger partial charge in [0, 0.05) is 23.1 Å². The number of carbonyl (C=O) groups is 1. The third kappa shape index (κ3) is 3.37. The SMILES string of the molecule is Cc1ccc(Br)cc1C(=O)N(C)C1CCC(O)CC1. The third-order valence-corrected chi connectivity index (χ3v) is 4.46. The molecule has 0 heterocycles. The van der Waals surface area contributed by atoms with E-state index in [9.17, 15) is 9.90 Å². The number of benzene rings is 1. The quantitative estimate of drug-likeness (QED) is 0.907. The molecule has 2 rings (SSSR count). The Balaban J connectivity index is 2.12. The summed E-state index contributed by atoms with van der Waals surface area (Å²) in [5, 5.41) is 9.54. The number of hydrogen-bond acceptors (Lipinski definition) is 2. The van der Waals surface area contributed by atoms with E-state index in [2.05, 4.69) is 15.9 Å². The summed E-state index contributed by atoms with van der Waals surface area (Å²) >= 11 is 3.41. The molecule has 1 fully saturated rings. The molecule has 0 aliphatic heterocycles. The average Bonchev–Trinajstić information content (AvgIpc) is 2.41. The van der Waals surface area contributed by atoms with Crippen LogP contribution in [0, 0.1) is 6.92 Å². The van der Waals surface area contributed by atoms with Crippen molar-refractivity contribution in [2.45, 2.75) is 44.8 Å². The average molecular weight is 326 g/mol. The lowest BCUT2D eigenvalue weighted by Gasteiger charge is -2.33. The zero-order chi connectivity index (χ0) is 14.0. The lowest BCUT2D eigenvalue weighted by Crippen LogP contribution is -2.40. The first-order valence-electron chi connectivity index (χ1n) is 6.70. The number of aryl methyl sites for hydroxylation is 1. The van der Waals surface area contributed by atoms with Gasteiger partial charge in [0.2, 0.25) is 0 Å². The first kappa shape index (κ1) is 14.5. The Labute approximate surface area is 122 Å². The second-order valence-electron chi connectivity index (χ2n) is 5.34. The van der Waals surface area contributed by atoms with Crippen molar-refractivity contribution < 1.29 is 9.90 Å². The molecule has 0 bridgehead atoms. The van der Waals surface area contributed by atoms with Gasteiger partial charge in [-0.05, 0) is 50.3 Å². The molecular formula is C15H20BrNO2. The van der Waals surface area contributed by atoms with Crippen LogP contribution >= 0.6 is 15.9 Å².